The summed E-state index contributed by atoms with van der Waals surface area (Å²) in [5.41, 5.74) is 6.80. The Kier molecular flexibility index (Phi) is 2.70. The SMILES string of the molecule is C[C@@H](N)c1cncn1-c1cc(F)cc(F)c1. The molecule has 0 saturated carbocycles. The van der Waals surface area contributed by atoms with Gasteiger partial charge in [-0.3, -0.25) is 0 Å². The molecular formula is C11H11F2N3. The third kappa shape index (κ3) is 1.94. The van der Waals surface area contributed by atoms with Crippen LogP contribution in [-0.4, -0.2) is 9.55 Å². The smallest absolute Gasteiger partial charge is 0.128 e. The number of aromatic nitrogens is 2. The van der Waals surface area contributed by atoms with Crippen molar-refractivity contribution in [3.63, 3.8) is 0 Å². The van der Waals surface area contributed by atoms with Gasteiger partial charge in [0.2, 0.25) is 0 Å². The van der Waals surface area contributed by atoms with E-state index in [1.165, 1.54) is 18.5 Å². The zero-order valence-corrected chi connectivity index (χ0v) is 8.69. The van der Waals surface area contributed by atoms with Crippen LogP contribution in [0.1, 0.15) is 18.7 Å². The van der Waals surface area contributed by atoms with E-state index >= 15 is 0 Å². The number of benzene rings is 1. The lowest BCUT2D eigenvalue weighted by Gasteiger charge is -2.10. The van der Waals surface area contributed by atoms with Gasteiger partial charge in [0.05, 0.1) is 23.9 Å². The average Bonchev–Trinajstić information content (AvgIpc) is 2.63. The summed E-state index contributed by atoms with van der Waals surface area (Å²) >= 11 is 0. The number of nitrogens with zero attached hydrogens (tertiary/aromatic N) is 2. The molecule has 0 bridgehead atoms. The van der Waals surface area contributed by atoms with E-state index in [2.05, 4.69) is 4.98 Å². The Bertz CT molecular complexity index is 485. The summed E-state index contributed by atoms with van der Waals surface area (Å²) in [6, 6.07) is 3.04. The van der Waals surface area contributed by atoms with Crippen LogP contribution >= 0.6 is 0 Å². The summed E-state index contributed by atoms with van der Waals surface area (Å²) < 4.78 is 27.7. The highest BCUT2D eigenvalue weighted by Gasteiger charge is 2.10. The van der Waals surface area contributed by atoms with E-state index < -0.39 is 11.6 Å². The normalized spacial score (nSPS) is 12.8. The molecule has 0 amide bonds. The van der Waals surface area contributed by atoms with Crippen molar-refractivity contribution in [2.24, 2.45) is 5.73 Å². The number of hydrogen-bond donors (Lipinski definition) is 1. The fourth-order valence-corrected chi connectivity index (χ4v) is 1.54. The molecule has 1 atom stereocenters. The Morgan fingerprint density at radius 3 is 2.44 bits per heavy atom. The molecule has 0 radical (unpaired) electrons. The van der Waals surface area contributed by atoms with E-state index in [0.29, 0.717) is 11.4 Å². The van der Waals surface area contributed by atoms with Crippen molar-refractivity contribution in [2.45, 2.75) is 13.0 Å². The molecule has 16 heavy (non-hydrogen) atoms. The minimum absolute atomic E-state index is 0.256. The van der Waals surface area contributed by atoms with E-state index in [0.717, 1.165) is 6.07 Å². The number of hydrogen-bond acceptors (Lipinski definition) is 2. The lowest BCUT2D eigenvalue weighted by molar-refractivity contribution is 0.580. The van der Waals surface area contributed by atoms with Gasteiger partial charge in [-0.15, -0.1) is 0 Å². The Labute approximate surface area is 91.5 Å². The third-order valence-corrected chi connectivity index (χ3v) is 2.26. The summed E-state index contributed by atoms with van der Waals surface area (Å²) in [4.78, 5) is 3.92. The number of halogens is 2. The van der Waals surface area contributed by atoms with Gasteiger partial charge in [-0.05, 0) is 19.1 Å². The standard InChI is InChI=1S/C11H11F2N3/c1-7(14)11-5-15-6-16(11)10-3-8(12)2-9(13)4-10/h2-7H,14H2,1H3/t7-/m1/s1. The van der Waals surface area contributed by atoms with Gasteiger partial charge in [-0.25, -0.2) is 13.8 Å². The molecule has 5 heteroatoms. The van der Waals surface area contributed by atoms with Crippen molar-refractivity contribution in [3.05, 3.63) is 48.1 Å². The quantitative estimate of drug-likeness (QED) is 0.847. The predicted octanol–water partition coefficient (Wildman–Crippen LogP) is 2.17. The van der Waals surface area contributed by atoms with E-state index in [1.807, 2.05) is 0 Å². The third-order valence-electron chi connectivity index (χ3n) is 2.26. The van der Waals surface area contributed by atoms with Crippen molar-refractivity contribution >= 4 is 0 Å². The second kappa shape index (κ2) is 4.02. The van der Waals surface area contributed by atoms with Crippen LogP contribution in [0.4, 0.5) is 8.78 Å². The minimum Gasteiger partial charge on any atom is -0.323 e. The molecule has 0 unspecified atom stereocenters. The van der Waals surface area contributed by atoms with Gasteiger partial charge in [-0.2, -0.15) is 0 Å². The molecule has 2 N–H and O–H groups in total. The maximum absolute atomic E-state index is 13.0. The van der Waals surface area contributed by atoms with Gasteiger partial charge in [0.15, 0.2) is 0 Å². The van der Waals surface area contributed by atoms with Crippen molar-refractivity contribution in [1.29, 1.82) is 0 Å². The molecule has 1 heterocycles. The van der Waals surface area contributed by atoms with Crippen LogP contribution in [0.2, 0.25) is 0 Å². The van der Waals surface area contributed by atoms with Crippen molar-refractivity contribution in [1.82, 2.24) is 9.55 Å². The van der Waals surface area contributed by atoms with Crippen LogP contribution in [0.3, 0.4) is 0 Å². The first kappa shape index (κ1) is 10.8. The van der Waals surface area contributed by atoms with Crippen molar-refractivity contribution in [3.8, 4) is 5.69 Å². The van der Waals surface area contributed by atoms with Crippen LogP contribution in [-0.2, 0) is 0 Å². The molecule has 0 spiro atoms. The Morgan fingerprint density at radius 1 is 1.25 bits per heavy atom. The van der Waals surface area contributed by atoms with Crippen LogP contribution in [0.15, 0.2) is 30.7 Å². The van der Waals surface area contributed by atoms with E-state index in [1.54, 1.807) is 17.7 Å². The van der Waals surface area contributed by atoms with Crippen LogP contribution in [0, 0.1) is 11.6 Å². The largest absolute Gasteiger partial charge is 0.323 e. The Balaban J connectivity index is 2.54. The van der Waals surface area contributed by atoms with Crippen LogP contribution in [0.25, 0.3) is 5.69 Å². The second-order valence-corrected chi connectivity index (χ2v) is 3.60. The molecule has 1 aromatic heterocycles. The van der Waals surface area contributed by atoms with Crippen LogP contribution in [0.5, 0.6) is 0 Å². The van der Waals surface area contributed by atoms with Gasteiger partial charge in [-0.1, -0.05) is 0 Å². The topological polar surface area (TPSA) is 43.8 Å². The number of nitrogens with two attached hydrogens (primary N) is 1. The molecule has 1 aromatic carbocycles. The van der Waals surface area contributed by atoms with Gasteiger partial charge in [0.25, 0.3) is 0 Å². The number of rotatable bonds is 2. The molecule has 84 valence electrons. The monoisotopic (exact) mass is 223 g/mol. The zero-order valence-electron chi connectivity index (χ0n) is 8.69. The highest BCUT2D eigenvalue weighted by atomic mass is 19.1. The summed E-state index contributed by atoms with van der Waals surface area (Å²) in [6.45, 7) is 1.78. The van der Waals surface area contributed by atoms with E-state index in [9.17, 15) is 8.78 Å². The summed E-state index contributed by atoms with van der Waals surface area (Å²) in [5.74, 6) is -1.25. The molecule has 0 saturated heterocycles. The summed E-state index contributed by atoms with van der Waals surface area (Å²) in [6.07, 6.45) is 3.06. The first-order chi connectivity index (χ1) is 7.58. The summed E-state index contributed by atoms with van der Waals surface area (Å²) in [7, 11) is 0. The minimum atomic E-state index is -0.626. The lowest BCUT2D eigenvalue weighted by Crippen LogP contribution is -2.10. The zero-order chi connectivity index (χ0) is 11.7. The molecular weight excluding hydrogens is 212 g/mol. The fourth-order valence-electron chi connectivity index (χ4n) is 1.54. The molecule has 3 nitrogen and oxygen atoms in total. The van der Waals surface area contributed by atoms with Gasteiger partial charge >= 0.3 is 0 Å². The van der Waals surface area contributed by atoms with Crippen LogP contribution < -0.4 is 5.73 Å². The molecule has 0 fully saturated rings. The Hall–Kier alpha value is -1.75. The first-order valence-electron chi connectivity index (χ1n) is 4.82. The highest BCUT2D eigenvalue weighted by Crippen LogP contribution is 2.18. The molecule has 0 aliphatic rings. The summed E-state index contributed by atoms with van der Waals surface area (Å²) in [5, 5.41) is 0. The highest BCUT2D eigenvalue weighted by molar-refractivity contribution is 5.35. The van der Waals surface area contributed by atoms with Crippen molar-refractivity contribution in [2.75, 3.05) is 0 Å². The van der Waals surface area contributed by atoms with E-state index in [4.69, 9.17) is 5.73 Å². The number of imidazole rings is 1. The fraction of sp³-hybridized carbons (Fsp3) is 0.182. The second-order valence-electron chi connectivity index (χ2n) is 3.60. The van der Waals surface area contributed by atoms with Gasteiger partial charge in [0.1, 0.15) is 11.6 Å². The molecule has 0 aliphatic heterocycles. The van der Waals surface area contributed by atoms with Gasteiger partial charge < -0.3 is 10.3 Å². The predicted molar refractivity (Wildman–Crippen MR) is 56.1 cm³/mol. The Morgan fingerprint density at radius 2 is 1.88 bits per heavy atom. The molecule has 0 aliphatic carbocycles. The van der Waals surface area contributed by atoms with Gasteiger partial charge in [0, 0.05) is 12.1 Å². The molecule has 2 rings (SSSR count). The maximum Gasteiger partial charge on any atom is 0.128 e. The average molecular weight is 223 g/mol. The molecule has 2 aromatic rings. The van der Waals surface area contributed by atoms with Crippen molar-refractivity contribution < 1.29 is 8.78 Å². The first-order valence-corrected chi connectivity index (χ1v) is 4.82. The van der Waals surface area contributed by atoms with E-state index in [-0.39, 0.29) is 6.04 Å². The maximum atomic E-state index is 13.0. The lowest BCUT2D eigenvalue weighted by atomic mass is 10.2.